The lowest BCUT2D eigenvalue weighted by molar-refractivity contribution is -0.136. The molecule has 0 aromatic carbocycles. The number of hydrogen-bond acceptors (Lipinski definition) is 3. The first-order chi connectivity index (χ1) is 7.99. The molecule has 17 heavy (non-hydrogen) atoms. The normalized spacial score (nSPS) is 10.6. The fourth-order valence-corrected chi connectivity index (χ4v) is 2.02. The number of rotatable bonds is 8. The maximum Gasteiger partial charge on any atom is 0.304 e. The average Bonchev–Trinajstić information content (AvgIpc) is 2.32. The van der Waals surface area contributed by atoms with E-state index in [0.717, 1.165) is 0 Å². The molecule has 0 atom stereocenters. The molecule has 0 aromatic rings. The van der Waals surface area contributed by atoms with Crippen LogP contribution in [0.15, 0.2) is 0 Å². The zero-order chi connectivity index (χ0) is 13.3. The molecule has 0 spiro atoms. The van der Waals surface area contributed by atoms with Gasteiger partial charge >= 0.3 is 5.97 Å². The number of thioether (sulfide) groups is 1. The van der Waals surface area contributed by atoms with Crippen molar-refractivity contribution >= 4 is 23.6 Å². The number of hydrogen-bond donors (Lipinski definition) is 2. The molecule has 0 rings (SSSR count). The first-order valence-electron chi connectivity index (χ1n) is 5.58. The van der Waals surface area contributed by atoms with E-state index in [9.17, 15) is 9.59 Å². The minimum absolute atomic E-state index is 0.0692. The molecule has 0 aliphatic rings. The predicted octanol–water partition coefficient (Wildman–Crippen LogP) is 1.50. The molecule has 0 bridgehead atoms. The Balaban J connectivity index is 4.00. The first-order valence-corrected chi connectivity index (χ1v) is 6.73. The number of carboxylic acid groups (broad SMARTS) is 1. The van der Waals surface area contributed by atoms with Crippen LogP contribution in [0.2, 0.25) is 0 Å². The largest absolute Gasteiger partial charge is 0.481 e. The van der Waals surface area contributed by atoms with Gasteiger partial charge in [-0.05, 0) is 12.8 Å². The van der Waals surface area contributed by atoms with Gasteiger partial charge in [0.1, 0.15) is 5.54 Å². The van der Waals surface area contributed by atoms with Crippen molar-refractivity contribution in [2.24, 2.45) is 0 Å². The van der Waals surface area contributed by atoms with Gasteiger partial charge in [0.15, 0.2) is 0 Å². The molecule has 0 aromatic heterocycles. The Kier molecular flexibility index (Phi) is 7.47. The molecule has 0 fully saturated rings. The SMILES string of the molecule is C#CC(CC)(CC)NC(=O)CSCCC(=O)O. The molecule has 0 saturated heterocycles. The summed E-state index contributed by atoms with van der Waals surface area (Å²) in [6.45, 7) is 3.86. The Morgan fingerprint density at radius 1 is 1.41 bits per heavy atom. The van der Waals surface area contributed by atoms with Gasteiger partial charge < -0.3 is 10.4 Å². The Morgan fingerprint density at radius 2 is 2.00 bits per heavy atom. The predicted molar refractivity (Wildman–Crippen MR) is 69.9 cm³/mol. The summed E-state index contributed by atoms with van der Waals surface area (Å²) in [5.74, 6) is 2.31. The second kappa shape index (κ2) is 8.02. The first kappa shape index (κ1) is 15.9. The topological polar surface area (TPSA) is 66.4 Å². The van der Waals surface area contributed by atoms with Gasteiger partial charge in [-0.25, -0.2) is 0 Å². The third-order valence-corrected chi connectivity index (χ3v) is 3.51. The highest BCUT2D eigenvalue weighted by Gasteiger charge is 2.24. The van der Waals surface area contributed by atoms with E-state index < -0.39 is 11.5 Å². The minimum Gasteiger partial charge on any atom is -0.481 e. The lowest BCUT2D eigenvalue weighted by atomic mass is 9.94. The van der Waals surface area contributed by atoms with Crippen LogP contribution in [-0.2, 0) is 9.59 Å². The molecular formula is C12H19NO3S. The van der Waals surface area contributed by atoms with E-state index in [-0.39, 0.29) is 18.1 Å². The molecule has 0 unspecified atom stereocenters. The summed E-state index contributed by atoms with van der Waals surface area (Å²) in [5.41, 5.74) is -0.565. The number of nitrogens with one attached hydrogen (secondary N) is 1. The van der Waals surface area contributed by atoms with Crippen LogP contribution in [0, 0.1) is 12.3 Å². The van der Waals surface area contributed by atoms with Gasteiger partial charge in [0, 0.05) is 5.75 Å². The van der Waals surface area contributed by atoms with E-state index in [4.69, 9.17) is 11.5 Å². The summed E-state index contributed by atoms with van der Waals surface area (Å²) in [6, 6.07) is 0. The highest BCUT2D eigenvalue weighted by molar-refractivity contribution is 7.99. The van der Waals surface area contributed by atoms with Crippen molar-refractivity contribution in [2.75, 3.05) is 11.5 Å². The summed E-state index contributed by atoms with van der Waals surface area (Å²) in [7, 11) is 0. The van der Waals surface area contributed by atoms with Crippen LogP contribution in [0.5, 0.6) is 0 Å². The van der Waals surface area contributed by atoms with E-state index in [1.807, 2.05) is 13.8 Å². The third-order valence-electron chi connectivity index (χ3n) is 2.56. The van der Waals surface area contributed by atoms with Crippen molar-refractivity contribution < 1.29 is 14.7 Å². The molecule has 0 saturated carbocycles. The number of carboxylic acids is 1. The van der Waals surface area contributed by atoms with Crippen LogP contribution in [0.25, 0.3) is 0 Å². The van der Waals surface area contributed by atoms with Crippen LogP contribution in [0.1, 0.15) is 33.1 Å². The smallest absolute Gasteiger partial charge is 0.304 e. The molecule has 1 amide bonds. The summed E-state index contributed by atoms with van der Waals surface area (Å²) in [6.07, 6.45) is 6.86. The number of carbonyl (C=O) groups excluding carboxylic acids is 1. The highest BCUT2D eigenvalue weighted by Crippen LogP contribution is 2.14. The maximum absolute atomic E-state index is 11.6. The fraction of sp³-hybridized carbons (Fsp3) is 0.667. The Bertz CT molecular complexity index is 305. The summed E-state index contributed by atoms with van der Waals surface area (Å²) >= 11 is 1.30. The lowest BCUT2D eigenvalue weighted by Gasteiger charge is -2.26. The molecule has 96 valence electrons. The van der Waals surface area contributed by atoms with Crippen LogP contribution in [-0.4, -0.2) is 34.0 Å². The van der Waals surface area contributed by atoms with E-state index in [1.54, 1.807) is 0 Å². The quantitative estimate of drug-likeness (QED) is 0.511. The number of terminal acetylenes is 1. The van der Waals surface area contributed by atoms with Gasteiger partial charge in [0.2, 0.25) is 5.91 Å². The third kappa shape index (κ3) is 6.22. The van der Waals surface area contributed by atoms with Gasteiger partial charge in [0.05, 0.1) is 12.2 Å². The van der Waals surface area contributed by atoms with Gasteiger partial charge in [-0.2, -0.15) is 11.8 Å². The molecule has 0 aliphatic carbocycles. The zero-order valence-corrected chi connectivity index (χ0v) is 11.1. The second-order valence-corrected chi connectivity index (χ2v) is 4.78. The van der Waals surface area contributed by atoms with Crippen molar-refractivity contribution in [2.45, 2.75) is 38.6 Å². The number of carbonyl (C=O) groups is 2. The fourth-order valence-electron chi connectivity index (χ4n) is 1.29. The van der Waals surface area contributed by atoms with Gasteiger partial charge in [-0.3, -0.25) is 9.59 Å². The van der Waals surface area contributed by atoms with Crippen molar-refractivity contribution in [3.05, 3.63) is 0 Å². The zero-order valence-electron chi connectivity index (χ0n) is 10.3. The van der Waals surface area contributed by atoms with Crippen molar-refractivity contribution in [3.8, 4) is 12.3 Å². The Hall–Kier alpha value is -1.15. The van der Waals surface area contributed by atoms with E-state index in [2.05, 4.69) is 11.2 Å². The highest BCUT2D eigenvalue weighted by atomic mass is 32.2. The molecular weight excluding hydrogens is 238 g/mol. The molecule has 0 aliphatic heterocycles. The monoisotopic (exact) mass is 257 g/mol. The van der Waals surface area contributed by atoms with Gasteiger partial charge in [-0.15, -0.1) is 6.42 Å². The lowest BCUT2D eigenvalue weighted by Crippen LogP contribution is -2.47. The molecule has 2 N–H and O–H groups in total. The number of aliphatic carboxylic acids is 1. The van der Waals surface area contributed by atoms with Crippen molar-refractivity contribution in [1.29, 1.82) is 0 Å². The van der Waals surface area contributed by atoms with Gasteiger partial charge in [-0.1, -0.05) is 19.8 Å². The van der Waals surface area contributed by atoms with Crippen molar-refractivity contribution in [1.82, 2.24) is 5.32 Å². The van der Waals surface area contributed by atoms with Crippen LogP contribution in [0.3, 0.4) is 0 Å². The molecule has 0 radical (unpaired) electrons. The maximum atomic E-state index is 11.6. The number of amides is 1. The van der Waals surface area contributed by atoms with Crippen LogP contribution < -0.4 is 5.32 Å². The molecule has 0 heterocycles. The van der Waals surface area contributed by atoms with Crippen molar-refractivity contribution in [3.63, 3.8) is 0 Å². The second-order valence-electron chi connectivity index (χ2n) is 3.68. The summed E-state index contributed by atoms with van der Waals surface area (Å²) in [5, 5.41) is 11.3. The summed E-state index contributed by atoms with van der Waals surface area (Å²) < 4.78 is 0. The van der Waals surface area contributed by atoms with Gasteiger partial charge in [0.25, 0.3) is 0 Å². The standard InChI is InChI=1S/C12H19NO3S/c1-4-12(5-2,6-3)13-10(14)9-17-8-7-11(15)16/h1H,5-9H2,2-3H3,(H,13,14)(H,15,16). The molecule has 5 heteroatoms. The molecule has 4 nitrogen and oxygen atoms in total. The van der Waals surface area contributed by atoms with Crippen LogP contribution in [0.4, 0.5) is 0 Å². The minimum atomic E-state index is -0.849. The Labute approximate surface area is 107 Å². The van der Waals surface area contributed by atoms with E-state index in [0.29, 0.717) is 18.6 Å². The summed E-state index contributed by atoms with van der Waals surface area (Å²) in [4.78, 5) is 21.9. The van der Waals surface area contributed by atoms with Crippen LogP contribution >= 0.6 is 11.8 Å². The average molecular weight is 257 g/mol. The van der Waals surface area contributed by atoms with E-state index in [1.165, 1.54) is 11.8 Å². The van der Waals surface area contributed by atoms with E-state index >= 15 is 0 Å². The Morgan fingerprint density at radius 3 is 2.41 bits per heavy atom.